The van der Waals surface area contributed by atoms with Crippen LogP contribution in [0, 0.1) is 0 Å². The molecule has 1 atom stereocenters. The maximum atomic E-state index is 12.0. The first-order valence-corrected chi connectivity index (χ1v) is 6.68. The Balaban J connectivity index is 2.28. The summed E-state index contributed by atoms with van der Waals surface area (Å²) in [6.45, 7) is 4.19. The minimum absolute atomic E-state index is 0.0178. The van der Waals surface area contributed by atoms with Crippen molar-refractivity contribution in [2.75, 3.05) is 0 Å². The molecule has 2 heteroatoms. The third-order valence-electron chi connectivity index (χ3n) is 3.22. The number of carbonyl (C=O) groups excluding carboxylic acids is 1. The summed E-state index contributed by atoms with van der Waals surface area (Å²) in [6.07, 6.45) is 10.2. The van der Waals surface area contributed by atoms with Crippen LogP contribution in [0.4, 0.5) is 0 Å². The fraction of sp³-hybridized carbons (Fsp3) is 0.600. The van der Waals surface area contributed by atoms with Gasteiger partial charge in [0, 0.05) is 24.7 Å². The van der Waals surface area contributed by atoms with Crippen LogP contribution in [-0.4, -0.2) is 10.8 Å². The number of ketones is 1. The Kier molecular flexibility index (Phi) is 6.53. The first kappa shape index (κ1) is 13.9. The molecule has 0 aliphatic rings. The molecule has 1 aromatic heterocycles. The molecule has 0 aromatic carbocycles. The maximum absolute atomic E-state index is 12.0. The summed E-state index contributed by atoms with van der Waals surface area (Å²) in [5.74, 6) is 0.372. The van der Waals surface area contributed by atoms with Crippen molar-refractivity contribution in [2.24, 2.45) is 0 Å². The fourth-order valence-electron chi connectivity index (χ4n) is 1.96. The number of carbonyl (C=O) groups is 1. The van der Waals surface area contributed by atoms with Crippen LogP contribution in [0.1, 0.15) is 63.9 Å². The van der Waals surface area contributed by atoms with E-state index in [2.05, 4.69) is 11.9 Å². The summed E-state index contributed by atoms with van der Waals surface area (Å²) < 4.78 is 0. The van der Waals surface area contributed by atoms with Gasteiger partial charge in [-0.3, -0.25) is 9.78 Å². The molecule has 0 N–H and O–H groups in total. The topological polar surface area (TPSA) is 30.0 Å². The Morgan fingerprint density at radius 3 is 2.47 bits per heavy atom. The molecule has 1 unspecified atom stereocenters. The van der Waals surface area contributed by atoms with E-state index in [4.69, 9.17) is 0 Å². The zero-order valence-corrected chi connectivity index (χ0v) is 11.0. The van der Waals surface area contributed by atoms with Gasteiger partial charge < -0.3 is 0 Å². The fourth-order valence-corrected chi connectivity index (χ4v) is 1.96. The number of hydrogen-bond acceptors (Lipinski definition) is 2. The molecule has 0 spiro atoms. The van der Waals surface area contributed by atoms with Crippen molar-refractivity contribution < 1.29 is 4.79 Å². The first-order valence-electron chi connectivity index (χ1n) is 6.68. The highest BCUT2D eigenvalue weighted by atomic mass is 16.1. The van der Waals surface area contributed by atoms with E-state index >= 15 is 0 Å². The predicted octanol–water partition coefficient (Wildman–Crippen LogP) is 4.11. The highest BCUT2D eigenvalue weighted by Crippen LogP contribution is 2.18. The molecule has 0 fully saturated rings. The lowest BCUT2D eigenvalue weighted by Crippen LogP contribution is -2.08. The van der Waals surface area contributed by atoms with Gasteiger partial charge in [0.2, 0.25) is 0 Å². The van der Waals surface area contributed by atoms with Crippen LogP contribution in [0.15, 0.2) is 24.5 Å². The Hall–Kier alpha value is -1.18. The number of unbranched alkanes of at least 4 members (excludes halogenated alkanes) is 4. The molecule has 1 rings (SSSR count). The Bertz CT molecular complexity index is 321. The molecular formula is C15H23NO. The monoisotopic (exact) mass is 233 g/mol. The summed E-state index contributed by atoms with van der Waals surface area (Å²) in [7, 11) is 0. The summed E-state index contributed by atoms with van der Waals surface area (Å²) >= 11 is 0. The van der Waals surface area contributed by atoms with Gasteiger partial charge in [-0.15, -0.1) is 0 Å². The quantitative estimate of drug-likeness (QED) is 0.632. The van der Waals surface area contributed by atoms with Gasteiger partial charge in [0.1, 0.15) is 5.78 Å². The van der Waals surface area contributed by atoms with Gasteiger partial charge in [0.05, 0.1) is 0 Å². The Morgan fingerprint density at radius 1 is 1.18 bits per heavy atom. The van der Waals surface area contributed by atoms with Gasteiger partial charge in [-0.2, -0.15) is 0 Å². The second-order valence-corrected chi connectivity index (χ2v) is 4.63. The van der Waals surface area contributed by atoms with Gasteiger partial charge in [0.15, 0.2) is 0 Å². The minimum Gasteiger partial charge on any atom is -0.299 e. The number of nitrogens with zero attached hydrogens (tertiary/aromatic N) is 1. The highest BCUT2D eigenvalue weighted by Gasteiger charge is 2.13. The van der Waals surface area contributed by atoms with Crippen LogP contribution in [-0.2, 0) is 4.79 Å². The third-order valence-corrected chi connectivity index (χ3v) is 3.22. The third kappa shape index (κ3) is 5.12. The zero-order valence-electron chi connectivity index (χ0n) is 11.0. The van der Waals surface area contributed by atoms with E-state index < -0.39 is 0 Å². The first-order chi connectivity index (χ1) is 8.25. The summed E-state index contributed by atoms with van der Waals surface area (Å²) in [5.41, 5.74) is 1.08. The molecule has 0 saturated carbocycles. The summed E-state index contributed by atoms with van der Waals surface area (Å²) in [6, 6.07) is 3.86. The molecule has 1 heterocycles. The smallest absolute Gasteiger partial charge is 0.140 e. The lowest BCUT2D eigenvalue weighted by atomic mass is 9.94. The van der Waals surface area contributed by atoms with E-state index in [1.165, 1.54) is 25.7 Å². The van der Waals surface area contributed by atoms with Crippen LogP contribution in [0.5, 0.6) is 0 Å². The van der Waals surface area contributed by atoms with E-state index in [0.29, 0.717) is 12.2 Å². The summed E-state index contributed by atoms with van der Waals surface area (Å²) in [4.78, 5) is 15.9. The Morgan fingerprint density at radius 2 is 1.82 bits per heavy atom. The number of pyridine rings is 1. The summed E-state index contributed by atoms with van der Waals surface area (Å²) in [5, 5.41) is 0. The van der Waals surface area contributed by atoms with E-state index in [1.807, 2.05) is 19.1 Å². The molecular weight excluding hydrogens is 210 g/mol. The zero-order chi connectivity index (χ0) is 12.5. The largest absolute Gasteiger partial charge is 0.299 e. The molecule has 0 amide bonds. The molecule has 2 nitrogen and oxygen atoms in total. The predicted molar refractivity (Wildman–Crippen MR) is 71.0 cm³/mol. The normalized spacial score (nSPS) is 12.4. The lowest BCUT2D eigenvalue weighted by Gasteiger charge is -2.10. The van der Waals surface area contributed by atoms with Gasteiger partial charge in [-0.1, -0.05) is 39.5 Å². The van der Waals surface area contributed by atoms with Gasteiger partial charge in [0.25, 0.3) is 0 Å². The van der Waals surface area contributed by atoms with Gasteiger partial charge in [-0.05, 0) is 24.1 Å². The average Bonchev–Trinajstić information content (AvgIpc) is 2.38. The van der Waals surface area contributed by atoms with E-state index in [0.717, 1.165) is 12.0 Å². The van der Waals surface area contributed by atoms with Crippen LogP contribution in [0.2, 0.25) is 0 Å². The van der Waals surface area contributed by atoms with Gasteiger partial charge >= 0.3 is 0 Å². The van der Waals surface area contributed by atoms with Gasteiger partial charge in [-0.25, -0.2) is 0 Å². The van der Waals surface area contributed by atoms with Crippen molar-refractivity contribution in [3.05, 3.63) is 30.1 Å². The van der Waals surface area contributed by atoms with Crippen LogP contribution >= 0.6 is 0 Å². The maximum Gasteiger partial charge on any atom is 0.140 e. The molecule has 0 aliphatic carbocycles. The molecule has 1 aromatic rings. The molecule has 0 bridgehead atoms. The molecule has 17 heavy (non-hydrogen) atoms. The molecule has 0 aliphatic heterocycles. The Labute approximate surface area is 104 Å². The second-order valence-electron chi connectivity index (χ2n) is 4.63. The van der Waals surface area contributed by atoms with Crippen molar-refractivity contribution in [1.82, 2.24) is 4.98 Å². The van der Waals surface area contributed by atoms with Crippen LogP contribution in [0.25, 0.3) is 0 Å². The second kappa shape index (κ2) is 7.99. The lowest BCUT2D eigenvalue weighted by molar-refractivity contribution is -0.120. The standard InChI is InChI=1S/C15H23NO/c1-3-4-5-6-7-8-15(17)13(2)14-9-11-16-12-10-14/h9-13H,3-8H2,1-2H3. The molecule has 0 saturated heterocycles. The SMILES string of the molecule is CCCCCCCC(=O)C(C)c1ccncc1. The number of Topliss-reactive ketones (excluding diaryl/α,β-unsaturated/α-hetero) is 1. The number of rotatable bonds is 8. The van der Waals surface area contributed by atoms with Crippen LogP contribution < -0.4 is 0 Å². The van der Waals surface area contributed by atoms with Crippen molar-refractivity contribution in [3.63, 3.8) is 0 Å². The van der Waals surface area contributed by atoms with Crippen molar-refractivity contribution in [2.45, 2.75) is 58.3 Å². The number of aromatic nitrogens is 1. The minimum atomic E-state index is 0.0178. The van der Waals surface area contributed by atoms with Crippen molar-refractivity contribution in [3.8, 4) is 0 Å². The molecule has 0 radical (unpaired) electrons. The van der Waals surface area contributed by atoms with Crippen molar-refractivity contribution in [1.29, 1.82) is 0 Å². The van der Waals surface area contributed by atoms with Crippen molar-refractivity contribution >= 4 is 5.78 Å². The van der Waals surface area contributed by atoms with E-state index in [9.17, 15) is 4.79 Å². The van der Waals surface area contributed by atoms with Crippen LogP contribution in [0.3, 0.4) is 0 Å². The molecule has 94 valence electrons. The van der Waals surface area contributed by atoms with E-state index in [1.54, 1.807) is 12.4 Å². The van der Waals surface area contributed by atoms with E-state index in [-0.39, 0.29) is 5.92 Å². The average molecular weight is 233 g/mol. The number of hydrogen-bond donors (Lipinski definition) is 0. The highest BCUT2D eigenvalue weighted by molar-refractivity contribution is 5.85.